The highest BCUT2D eigenvalue weighted by Gasteiger charge is 2.50. The standard InChI is InChI=1S/C22H19ClN8O.H2S/c1-22(2)10-29(19-15-18(25-11-24-15)26-12-27-19)17(22)20-28-30-9-8-14(23)16(30)21(32)31(20)13-6-4-3-5-7-13;/h3-9,11-12,17H,10H2,1-2H3,(H,24,25,26,27);1H2/t17-;/m1./s1. The second kappa shape index (κ2) is 7.60. The van der Waals surface area contributed by atoms with Crippen LogP contribution in [0, 0.1) is 5.41 Å². The molecule has 0 radical (unpaired) electrons. The quantitative estimate of drug-likeness (QED) is 0.424. The number of nitrogens with zero attached hydrogens (tertiary/aromatic N) is 7. The molecule has 5 heterocycles. The topological polar surface area (TPSA) is 97.0 Å². The van der Waals surface area contributed by atoms with Crippen molar-refractivity contribution in [2.75, 3.05) is 11.4 Å². The lowest BCUT2D eigenvalue weighted by Crippen LogP contribution is -2.58. The smallest absolute Gasteiger partial charge is 0.284 e. The number of aromatic amines is 1. The van der Waals surface area contributed by atoms with E-state index in [0.717, 1.165) is 23.6 Å². The summed E-state index contributed by atoms with van der Waals surface area (Å²) in [5, 5.41) is 5.25. The van der Waals surface area contributed by atoms with Gasteiger partial charge in [-0.25, -0.2) is 19.5 Å². The van der Waals surface area contributed by atoms with Crippen molar-refractivity contribution in [3.05, 3.63) is 76.5 Å². The molecule has 168 valence electrons. The number of hydrogen-bond donors (Lipinski definition) is 1. The summed E-state index contributed by atoms with van der Waals surface area (Å²) in [6.45, 7) is 5.06. The predicted molar refractivity (Wildman–Crippen MR) is 132 cm³/mol. The molecule has 1 aliphatic rings. The van der Waals surface area contributed by atoms with Gasteiger partial charge >= 0.3 is 0 Å². The molecule has 1 aliphatic heterocycles. The van der Waals surface area contributed by atoms with Crippen LogP contribution in [0.25, 0.3) is 22.4 Å². The van der Waals surface area contributed by atoms with Crippen molar-refractivity contribution in [2.24, 2.45) is 5.41 Å². The number of halogens is 1. The number of aromatic nitrogens is 7. The monoisotopic (exact) mass is 480 g/mol. The van der Waals surface area contributed by atoms with Crippen LogP contribution in [-0.2, 0) is 0 Å². The molecule has 0 aliphatic carbocycles. The van der Waals surface area contributed by atoms with Crippen LogP contribution >= 0.6 is 25.1 Å². The number of imidazole rings is 1. The molecule has 0 amide bonds. The molecule has 6 rings (SSSR count). The average molecular weight is 481 g/mol. The zero-order valence-electron chi connectivity index (χ0n) is 17.9. The number of rotatable bonds is 3. The van der Waals surface area contributed by atoms with Crippen molar-refractivity contribution in [3.63, 3.8) is 0 Å². The van der Waals surface area contributed by atoms with E-state index < -0.39 is 0 Å². The van der Waals surface area contributed by atoms with E-state index >= 15 is 0 Å². The van der Waals surface area contributed by atoms with Crippen molar-refractivity contribution in [1.82, 2.24) is 34.1 Å². The van der Waals surface area contributed by atoms with Gasteiger partial charge in [-0.1, -0.05) is 43.6 Å². The van der Waals surface area contributed by atoms with Crippen molar-refractivity contribution in [1.29, 1.82) is 0 Å². The van der Waals surface area contributed by atoms with Gasteiger partial charge in [0.25, 0.3) is 5.56 Å². The molecule has 0 bridgehead atoms. The zero-order chi connectivity index (χ0) is 22.0. The summed E-state index contributed by atoms with van der Waals surface area (Å²) in [5.74, 6) is 1.35. The fourth-order valence-electron chi connectivity index (χ4n) is 4.63. The van der Waals surface area contributed by atoms with Gasteiger partial charge in [0, 0.05) is 18.2 Å². The van der Waals surface area contributed by atoms with Crippen LogP contribution in [0.5, 0.6) is 0 Å². The Morgan fingerprint density at radius 1 is 1.12 bits per heavy atom. The Morgan fingerprint density at radius 2 is 1.91 bits per heavy atom. The minimum absolute atomic E-state index is 0. The van der Waals surface area contributed by atoms with E-state index in [4.69, 9.17) is 16.7 Å². The molecular formula is C22H21ClN8OS. The first kappa shape index (κ1) is 21.5. The summed E-state index contributed by atoms with van der Waals surface area (Å²) in [5.41, 5.74) is 2.05. The van der Waals surface area contributed by atoms with Gasteiger partial charge in [-0.15, -0.1) is 0 Å². The SMILES string of the molecule is CC1(C)CN(c2ncnc3nc[nH]c23)[C@@H]1c1nn2ccc(Cl)c2c(=O)n1-c1ccccc1.S. The normalized spacial score (nSPS) is 17.2. The van der Waals surface area contributed by atoms with Gasteiger partial charge in [-0.05, 0) is 18.2 Å². The van der Waals surface area contributed by atoms with Gasteiger partial charge in [-0.3, -0.25) is 9.36 Å². The van der Waals surface area contributed by atoms with Crippen LogP contribution in [0.1, 0.15) is 25.7 Å². The van der Waals surface area contributed by atoms with Crippen LogP contribution in [0.2, 0.25) is 5.02 Å². The summed E-state index contributed by atoms with van der Waals surface area (Å²) < 4.78 is 3.23. The first-order valence-electron chi connectivity index (χ1n) is 10.2. The summed E-state index contributed by atoms with van der Waals surface area (Å²) >= 11 is 6.34. The third-order valence-corrected chi connectivity index (χ3v) is 6.33. The molecule has 5 aromatic rings. The summed E-state index contributed by atoms with van der Waals surface area (Å²) in [4.78, 5) is 32.0. The van der Waals surface area contributed by atoms with E-state index in [-0.39, 0.29) is 30.5 Å². The predicted octanol–water partition coefficient (Wildman–Crippen LogP) is 3.51. The van der Waals surface area contributed by atoms with E-state index in [1.54, 1.807) is 27.7 Å². The second-order valence-electron chi connectivity index (χ2n) is 8.61. The largest absolute Gasteiger partial charge is 0.343 e. The molecule has 0 spiro atoms. The minimum atomic E-state index is -0.220. The zero-order valence-corrected chi connectivity index (χ0v) is 19.7. The Kier molecular flexibility index (Phi) is 4.95. The highest BCUT2D eigenvalue weighted by atomic mass is 35.5. The Bertz CT molecular complexity index is 1540. The first-order valence-corrected chi connectivity index (χ1v) is 10.6. The Balaban J connectivity index is 0.00000228. The maximum Gasteiger partial charge on any atom is 0.284 e. The number of benzene rings is 1. The number of anilines is 1. The molecular weight excluding hydrogens is 460 g/mol. The van der Waals surface area contributed by atoms with Gasteiger partial charge in [0.05, 0.1) is 23.1 Å². The summed E-state index contributed by atoms with van der Waals surface area (Å²) in [6, 6.07) is 11.0. The molecule has 33 heavy (non-hydrogen) atoms. The molecule has 9 nitrogen and oxygen atoms in total. The molecule has 4 aromatic heterocycles. The van der Waals surface area contributed by atoms with E-state index in [0.29, 0.717) is 22.0 Å². The van der Waals surface area contributed by atoms with Gasteiger partial charge in [0.2, 0.25) is 0 Å². The van der Waals surface area contributed by atoms with E-state index in [2.05, 4.69) is 38.7 Å². The minimum Gasteiger partial charge on any atom is -0.343 e. The second-order valence-corrected chi connectivity index (χ2v) is 9.02. The molecule has 1 N–H and O–H groups in total. The maximum absolute atomic E-state index is 13.7. The molecule has 1 fully saturated rings. The number of nitrogens with one attached hydrogen (secondary N) is 1. The van der Waals surface area contributed by atoms with Gasteiger partial charge in [0.1, 0.15) is 17.4 Å². The molecule has 1 saturated heterocycles. The van der Waals surface area contributed by atoms with Crippen LogP contribution in [0.3, 0.4) is 0 Å². The van der Waals surface area contributed by atoms with Crippen LogP contribution in [0.15, 0.2) is 60.0 Å². The fourth-order valence-corrected chi connectivity index (χ4v) is 4.86. The first-order chi connectivity index (χ1) is 15.5. The number of para-hydroxylation sites is 1. The van der Waals surface area contributed by atoms with Crippen LogP contribution in [0.4, 0.5) is 5.82 Å². The summed E-state index contributed by atoms with van der Waals surface area (Å²) in [6.07, 6.45) is 4.83. The van der Waals surface area contributed by atoms with E-state index in [1.807, 2.05) is 30.3 Å². The molecule has 0 saturated carbocycles. The fraction of sp³-hybridized carbons (Fsp3) is 0.227. The third-order valence-electron chi connectivity index (χ3n) is 6.03. The van der Waals surface area contributed by atoms with Crippen molar-refractivity contribution >= 4 is 47.6 Å². The summed E-state index contributed by atoms with van der Waals surface area (Å²) in [7, 11) is 0. The van der Waals surface area contributed by atoms with E-state index in [9.17, 15) is 4.79 Å². The number of fused-ring (bicyclic) bond motifs is 2. The Morgan fingerprint density at radius 3 is 2.67 bits per heavy atom. The van der Waals surface area contributed by atoms with Gasteiger partial charge in [0.15, 0.2) is 17.3 Å². The number of hydrogen-bond acceptors (Lipinski definition) is 6. The maximum atomic E-state index is 13.7. The van der Waals surface area contributed by atoms with Gasteiger partial charge in [-0.2, -0.15) is 18.6 Å². The average Bonchev–Trinajstić information content (AvgIpc) is 3.40. The lowest BCUT2D eigenvalue weighted by atomic mass is 9.74. The van der Waals surface area contributed by atoms with E-state index in [1.165, 1.54) is 6.33 Å². The Hall–Kier alpha value is -3.37. The molecule has 1 aromatic carbocycles. The third kappa shape index (κ3) is 3.12. The van der Waals surface area contributed by atoms with Crippen molar-refractivity contribution in [2.45, 2.75) is 19.9 Å². The van der Waals surface area contributed by atoms with Crippen molar-refractivity contribution in [3.8, 4) is 5.69 Å². The van der Waals surface area contributed by atoms with Crippen molar-refractivity contribution < 1.29 is 0 Å². The highest BCUT2D eigenvalue weighted by Crippen LogP contribution is 2.50. The molecule has 1 atom stereocenters. The lowest BCUT2D eigenvalue weighted by molar-refractivity contribution is 0.166. The molecule has 0 unspecified atom stereocenters. The van der Waals surface area contributed by atoms with Crippen LogP contribution in [-0.4, -0.2) is 40.7 Å². The van der Waals surface area contributed by atoms with Gasteiger partial charge < -0.3 is 9.88 Å². The Labute approximate surface area is 200 Å². The molecule has 11 heteroatoms. The number of H-pyrrole nitrogens is 1. The lowest BCUT2D eigenvalue weighted by Gasteiger charge is -2.54. The highest BCUT2D eigenvalue weighted by molar-refractivity contribution is 7.59. The van der Waals surface area contributed by atoms with Crippen LogP contribution < -0.4 is 10.5 Å².